The quantitative estimate of drug-likeness (QED) is 0.728. The molecule has 94 valence electrons. The van der Waals surface area contributed by atoms with E-state index in [4.69, 9.17) is 0 Å². The fourth-order valence-electron chi connectivity index (χ4n) is 2.32. The lowest BCUT2D eigenvalue weighted by Gasteiger charge is -2.18. The van der Waals surface area contributed by atoms with E-state index in [9.17, 15) is 4.79 Å². The minimum atomic E-state index is 0.204. The summed E-state index contributed by atoms with van der Waals surface area (Å²) in [4.78, 5) is 11.7. The van der Waals surface area contributed by atoms with Gasteiger partial charge in [0.2, 0.25) is 5.91 Å². The molecule has 0 aromatic heterocycles. The van der Waals surface area contributed by atoms with Gasteiger partial charge in [0, 0.05) is 18.5 Å². The average Bonchev–Trinajstić information content (AvgIpc) is 2.69. The Morgan fingerprint density at radius 2 is 2.25 bits per heavy atom. The Morgan fingerprint density at radius 1 is 1.50 bits per heavy atom. The summed E-state index contributed by atoms with van der Waals surface area (Å²) < 4.78 is 0. The topological polar surface area (TPSA) is 41.1 Å². The molecular formula is C13H26N2O. The van der Waals surface area contributed by atoms with Gasteiger partial charge in [-0.25, -0.2) is 0 Å². The van der Waals surface area contributed by atoms with Gasteiger partial charge in [0.25, 0.3) is 0 Å². The highest BCUT2D eigenvalue weighted by molar-refractivity contribution is 5.76. The van der Waals surface area contributed by atoms with Gasteiger partial charge in [-0.2, -0.15) is 0 Å². The summed E-state index contributed by atoms with van der Waals surface area (Å²) in [6, 6.07) is 0.722. The predicted octanol–water partition coefficient (Wildman–Crippen LogP) is 2.07. The Bertz CT molecular complexity index is 212. The lowest BCUT2D eigenvalue weighted by Crippen LogP contribution is -2.37. The van der Waals surface area contributed by atoms with Crippen molar-refractivity contribution in [1.29, 1.82) is 0 Å². The second-order valence-electron chi connectivity index (χ2n) is 5.22. The third-order valence-electron chi connectivity index (χ3n) is 3.45. The number of rotatable bonds is 6. The first-order chi connectivity index (χ1) is 7.61. The smallest absolute Gasteiger partial charge is 0.221 e. The van der Waals surface area contributed by atoms with Crippen molar-refractivity contribution >= 4 is 5.91 Å². The van der Waals surface area contributed by atoms with E-state index in [0.29, 0.717) is 24.4 Å². The van der Waals surface area contributed by atoms with Gasteiger partial charge >= 0.3 is 0 Å². The standard InChI is InChI=1S/C13H26N2O/c1-4-10(2)8-11(3)15-13(16)9-12-6-5-7-14-12/h10-12,14H,4-9H2,1-3H3,(H,15,16). The van der Waals surface area contributed by atoms with E-state index >= 15 is 0 Å². The van der Waals surface area contributed by atoms with Gasteiger partial charge in [-0.1, -0.05) is 20.3 Å². The molecule has 1 fully saturated rings. The molecule has 0 aromatic carbocycles. The zero-order chi connectivity index (χ0) is 12.0. The minimum absolute atomic E-state index is 0.204. The third kappa shape index (κ3) is 4.97. The average molecular weight is 226 g/mol. The van der Waals surface area contributed by atoms with E-state index in [0.717, 1.165) is 19.4 Å². The minimum Gasteiger partial charge on any atom is -0.354 e. The third-order valence-corrected chi connectivity index (χ3v) is 3.45. The van der Waals surface area contributed by atoms with E-state index in [1.54, 1.807) is 0 Å². The number of hydrogen-bond donors (Lipinski definition) is 2. The highest BCUT2D eigenvalue weighted by Crippen LogP contribution is 2.11. The largest absolute Gasteiger partial charge is 0.354 e. The lowest BCUT2D eigenvalue weighted by molar-refractivity contribution is -0.122. The van der Waals surface area contributed by atoms with Crippen LogP contribution < -0.4 is 10.6 Å². The van der Waals surface area contributed by atoms with Crippen molar-refractivity contribution in [3.05, 3.63) is 0 Å². The molecule has 0 aliphatic carbocycles. The van der Waals surface area contributed by atoms with Crippen LogP contribution in [0.2, 0.25) is 0 Å². The Morgan fingerprint density at radius 3 is 2.81 bits per heavy atom. The van der Waals surface area contributed by atoms with Crippen molar-refractivity contribution in [2.75, 3.05) is 6.54 Å². The van der Waals surface area contributed by atoms with Crippen LogP contribution in [0.15, 0.2) is 0 Å². The monoisotopic (exact) mass is 226 g/mol. The maximum atomic E-state index is 11.7. The molecule has 3 atom stereocenters. The van der Waals surface area contributed by atoms with Gasteiger partial charge in [-0.15, -0.1) is 0 Å². The van der Waals surface area contributed by atoms with E-state index in [-0.39, 0.29) is 5.91 Å². The van der Waals surface area contributed by atoms with E-state index < -0.39 is 0 Å². The second kappa shape index (κ2) is 6.89. The van der Waals surface area contributed by atoms with Crippen LogP contribution >= 0.6 is 0 Å². The van der Waals surface area contributed by atoms with Crippen LogP contribution in [0.5, 0.6) is 0 Å². The van der Waals surface area contributed by atoms with Crippen LogP contribution in [0.4, 0.5) is 0 Å². The first-order valence-corrected chi connectivity index (χ1v) is 6.64. The lowest BCUT2D eigenvalue weighted by atomic mass is 10.00. The molecule has 1 aliphatic rings. The molecule has 1 saturated heterocycles. The normalized spacial score (nSPS) is 24.1. The summed E-state index contributed by atoms with van der Waals surface area (Å²) in [5.41, 5.74) is 0. The molecule has 2 N–H and O–H groups in total. The summed E-state index contributed by atoms with van der Waals surface area (Å²) in [6.45, 7) is 7.61. The second-order valence-corrected chi connectivity index (χ2v) is 5.22. The van der Waals surface area contributed by atoms with Gasteiger partial charge in [-0.3, -0.25) is 4.79 Å². The van der Waals surface area contributed by atoms with Gasteiger partial charge in [-0.05, 0) is 38.6 Å². The summed E-state index contributed by atoms with van der Waals surface area (Å²) in [5, 5.41) is 6.44. The predicted molar refractivity (Wildman–Crippen MR) is 67.3 cm³/mol. The summed E-state index contributed by atoms with van der Waals surface area (Å²) in [7, 11) is 0. The van der Waals surface area contributed by atoms with E-state index in [1.165, 1.54) is 12.8 Å². The SMILES string of the molecule is CCC(C)CC(C)NC(=O)CC1CCCN1. The van der Waals surface area contributed by atoms with Crippen molar-refractivity contribution in [3.63, 3.8) is 0 Å². The molecule has 1 amide bonds. The molecule has 3 unspecified atom stereocenters. The van der Waals surface area contributed by atoms with Crippen molar-refractivity contribution in [2.45, 2.75) is 65.0 Å². The molecule has 1 aliphatic heterocycles. The summed E-state index contributed by atoms with van der Waals surface area (Å²) >= 11 is 0. The molecule has 0 aromatic rings. The zero-order valence-corrected chi connectivity index (χ0v) is 10.9. The van der Waals surface area contributed by atoms with Crippen LogP contribution in [0.25, 0.3) is 0 Å². The molecular weight excluding hydrogens is 200 g/mol. The number of amides is 1. The van der Waals surface area contributed by atoms with Gasteiger partial charge in [0.1, 0.15) is 0 Å². The highest BCUT2D eigenvalue weighted by Gasteiger charge is 2.18. The summed E-state index contributed by atoms with van der Waals surface area (Å²) in [5.74, 6) is 0.898. The number of carbonyl (C=O) groups excluding carboxylic acids is 1. The van der Waals surface area contributed by atoms with E-state index in [1.807, 2.05) is 0 Å². The Balaban J connectivity index is 2.17. The molecule has 0 radical (unpaired) electrons. The molecule has 1 heterocycles. The molecule has 0 bridgehead atoms. The van der Waals surface area contributed by atoms with Crippen LogP contribution in [0.3, 0.4) is 0 Å². The number of carbonyl (C=O) groups is 1. The fourth-order valence-corrected chi connectivity index (χ4v) is 2.32. The van der Waals surface area contributed by atoms with E-state index in [2.05, 4.69) is 31.4 Å². The Kier molecular flexibility index (Phi) is 5.81. The van der Waals surface area contributed by atoms with Crippen LogP contribution in [-0.2, 0) is 4.79 Å². The number of hydrogen-bond acceptors (Lipinski definition) is 2. The first kappa shape index (κ1) is 13.5. The number of nitrogens with one attached hydrogen (secondary N) is 2. The van der Waals surface area contributed by atoms with Crippen molar-refractivity contribution in [3.8, 4) is 0 Å². The molecule has 1 rings (SSSR count). The van der Waals surface area contributed by atoms with Crippen molar-refractivity contribution in [2.24, 2.45) is 5.92 Å². The fraction of sp³-hybridized carbons (Fsp3) is 0.923. The van der Waals surface area contributed by atoms with Gasteiger partial charge < -0.3 is 10.6 Å². The molecule has 0 saturated carbocycles. The van der Waals surface area contributed by atoms with Crippen LogP contribution in [-0.4, -0.2) is 24.5 Å². The molecule has 0 spiro atoms. The highest BCUT2D eigenvalue weighted by atomic mass is 16.1. The van der Waals surface area contributed by atoms with Crippen molar-refractivity contribution in [1.82, 2.24) is 10.6 Å². The van der Waals surface area contributed by atoms with Crippen molar-refractivity contribution < 1.29 is 4.79 Å². The Labute approximate surface area is 99.4 Å². The maximum Gasteiger partial charge on any atom is 0.221 e. The van der Waals surface area contributed by atoms with Gasteiger partial charge in [0.15, 0.2) is 0 Å². The summed E-state index contributed by atoms with van der Waals surface area (Å²) in [6.07, 6.45) is 5.27. The Hall–Kier alpha value is -0.570. The zero-order valence-electron chi connectivity index (χ0n) is 10.9. The molecule has 3 heteroatoms. The molecule has 16 heavy (non-hydrogen) atoms. The molecule has 3 nitrogen and oxygen atoms in total. The first-order valence-electron chi connectivity index (χ1n) is 6.64. The van der Waals surface area contributed by atoms with Crippen LogP contribution in [0, 0.1) is 5.92 Å². The van der Waals surface area contributed by atoms with Gasteiger partial charge in [0.05, 0.1) is 0 Å². The maximum absolute atomic E-state index is 11.7. The van der Waals surface area contributed by atoms with Crippen LogP contribution in [0.1, 0.15) is 52.9 Å².